The molecule has 0 aromatic heterocycles. The van der Waals surface area contributed by atoms with Gasteiger partial charge in [-0.05, 0) is 30.2 Å². The van der Waals surface area contributed by atoms with Crippen LogP contribution in [0.3, 0.4) is 0 Å². The van der Waals surface area contributed by atoms with Gasteiger partial charge in [-0.15, -0.1) is 0 Å². The zero-order valence-corrected chi connectivity index (χ0v) is 16.2. The number of nitro benzene ring substituents is 1. The Labute approximate surface area is 162 Å². The number of hydrogen-bond acceptors (Lipinski definition) is 5. The second-order valence-electron chi connectivity index (χ2n) is 5.87. The number of halogens is 1. The number of hydrogen-bond donors (Lipinski definition) is 1. The van der Waals surface area contributed by atoms with Crippen LogP contribution in [0.2, 0.25) is 5.02 Å². The summed E-state index contributed by atoms with van der Waals surface area (Å²) in [6.07, 6.45) is 0. The van der Waals surface area contributed by atoms with Gasteiger partial charge in [0.25, 0.3) is 5.69 Å². The molecule has 2 aromatic carbocycles. The van der Waals surface area contributed by atoms with E-state index in [1.807, 2.05) is 31.2 Å². The topological polar surface area (TPSA) is 110 Å². The van der Waals surface area contributed by atoms with Crippen LogP contribution in [0.15, 0.2) is 47.4 Å². The van der Waals surface area contributed by atoms with Crippen molar-refractivity contribution in [3.05, 3.63) is 68.7 Å². The number of nitrogens with zero attached hydrogens (tertiary/aromatic N) is 2. The monoisotopic (exact) mass is 411 g/mol. The molecule has 1 N–H and O–H groups in total. The molecule has 1 amide bonds. The van der Waals surface area contributed by atoms with Crippen LogP contribution in [0.4, 0.5) is 5.69 Å². The Morgan fingerprint density at radius 3 is 2.56 bits per heavy atom. The van der Waals surface area contributed by atoms with E-state index in [1.165, 1.54) is 4.90 Å². The third-order valence-electron chi connectivity index (χ3n) is 3.93. The number of carbonyl (C=O) groups excluding carboxylic acids is 1. The highest BCUT2D eigenvalue weighted by molar-refractivity contribution is 7.89. The van der Waals surface area contributed by atoms with Gasteiger partial charge in [0, 0.05) is 19.7 Å². The Hall–Kier alpha value is -2.49. The quantitative estimate of drug-likeness (QED) is 0.556. The zero-order chi connectivity index (χ0) is 20.2. The summed E-state index contributed by atoms with van der Waals surface area (Å²) >= 11 is 5.68. The zero-order valence-electron chi connectivity index (χ0n) is 14.7. The fourth-order valence-electron chi connectivity index (χ4n) is 2.31. The molecular formula is C17H18ClN3O5S. The number of aryl methyl sites for hydroxylation is 1. The number of nitrogens with one attached hydrogen (secondary N) is 1. The molecule has 0 saturated carbocycles. The summed E-state index contributed by atoms with van der Waals surface area (Å²) in [7, 11) is -2.54. The van der Waals surface area contributed by atoms with Gasteiger partial charge in [0.05, 0.1) is 16.4 Å². The predicted molar refractivity (Wildman–Crippen MR) is 101 cm³/mol. The molecule has 0 bridgehead atoms. The second-order valence-corrected chi connectivity index (χ2v) is 8.05. The van der Waals surface area contributed by atoms with E-state index in [9.17, 15) is 23.3 Å². The molecule has 0 radical (unpaired) electrons. The Kier molecular flexibility index (Phi) is 6.53. The average Bonchev–Trinajstić information content (AvgIpc) is 2.61. The van der Waals surface area contributed by atoms with E-state index < -0.39 is 33.1 Å². The molecule has 10 heteroatoms. The number of nitro groups is 1. The summed E-state index contributed by atoms with van der Waals surface area (Å²) in [5.74, 6) is -0.440. The maximum absolute atomic E-state index is 12.3. The Morgan fingerprint density at radius 2 is 1.93 bits per heavy atom. The van der Waals surface area contributed by atoms with Gasteiger partial charge in [0.1, 0.15) is 5.02 Å². The first-order valence-corrected chi connectivity index (χ1v) is 9.70. The molecule has 0 aliphatic heterocycles. The molecular weight excluding hydrogens is 394 g/mol. The summed E-state index contributed by atoms with van der Waals surface area (Å²) in [6.45, 7) is 1.78. The van der Waals surface area contributed by atoms with E-state index in [2.05, 4.69) is 4.72 Å². The van der Waals surface area contributed by atoms with E-state index in [0.717, 1.165) is 29.3 Å². The maximum Gasteiger partial charge on any atom is 0.289 e. The first-order valence-electron chi connectivity index (χ1n) is 7.84. The Bertz CT molecular complexity index is 978. The highest BCUT2D eigenvalue weighted by atomic mass is 35.5. The smallest absolute Gasteiger partial charge is 0.289 e. The highest BCUT2D eigenvalue weighted by Gasteiger charge is 2.22. The van der Waals surface area contributed by atoms with E-state index in [4.69, 9.17) is 11.6 Å². The van der Waals surface area contributed by atoms with Crippen LogP contribution in [0.1, 0.15) is 11.1 Å². The molecule has 2 rings (SSSR count). The van der Waals surface area contributed by atoms with Crippen LogP contribution < -0.4 is 4.72 Å². The lowest BCUT2D eigenvalue weighted by atomic mass is 10.1. The van der Waals surface area contributed by atoms with Gasteiger partial charge in [0.2, 0.25) is 15.9 Å². The number of carbonyl (C=O) groups is 1. The van der Waals surface area contributed by atoms with Gasteiger partial charge in [-0.3, -0.25) is 14.9 Å². The van der Waals surface area contributed by atoms with Crippen LogP contribution in [0.25, 0.3) is 0 Å². The summed E-state index contributed by atoms with van der Waals surface area (Å²) in [6, 6.07) is 10.7. The molecule has 0 fully saturated rings. The highest BCUT2D eigenvalue weighted by Crippen LogP contribution is 2.26. The standard InChI is InChI=1S/C17H18ClN3O5S/c1-12-5-3-4-6-13(12)11-20(2)17(22)10-19-27(25,26)14-7-8-15(18)16(9-14)21(23)24/h3-9,19H,10-11H2,1-2H3. The van der Waals surface area contributed by atoms with Crippen molar-refractivity contribution >= 4 is 33.2 Å². The normalized spacial score (nSPS) is 11.2. The molecule has 0 unspecified atom stereocenters. The molecule has 0 atom stereocenters. The van der Waals surface area contributed by atoms with Gasteiger partial charge in [-0.25, -0.2) is 13.1 Å². The number of rotatable bonds is 7. The maximum atomic E-state index is 12.3. The van der Waals surface area contributed by atoms with Crippen molar-refractivity contribution in [3.63, 3.8) is 0 Å². The molecule has 0 saturated heterocycles. The van der Waals surface area contributed by atoms with Crippen LogP contribution in [-0.2, 0) is 21.4 Å². The van der Waals surface area contributed by atoms with Gasteiger partial charge in [-0.2, -0.15) is 0 Å². The van der Waals surface area contributed by atoms with Crippen molar-refractivity contribution < 1.29 is 18.1 Å². The lowest BCUT2D eigenvalue weighted by Crippen LogP contribution is -2.37. The molecule has 0 spiro atoms. The van der Waals surface area contributed by atoms with Crippen molar-refractivity contribution in [2.75, 3.05) is 13.6 Å². The lowest BCUT2D eigenvalue weighted by molar-refractivity contribution is -0.384. The third kappa shape index (κ3) is 5.25. The fourth-order valence-corrected chi connectivity index (χ4v) is 3.49. The van der Waals surface area contributed by atoms with Crippen molar-refractivity contribution in [1.29, 1.82) is 0 Å². The Balaban J connectivity index is 2.06. The average molecular weight is 412 g/mol. The fraction of sp³-hybridized carbons (Fsp3) is 0.235. The van der Waals surface area contributed by atoms with Crippen LogP contribution in [-0.4, -0.2) is 37.7 Å². The minimum atomic E-state index is -4.10. The Morgan fingerprint density at radius 1 is 1.26 bits per heavy atom. The van der Waals surface area contributed by atoms with E-state index >= 15 is 0 Å². The van der Waals surface area contributed by atoms with E-state index in [0.29, 0.717) is 6.54 Å². The first-order chi connectivity index (χ1) is 12.6. The van der Waals surface area contributed by atoms with Crippen molar-refractivity contribution in [2.24, 2.45) is 0 Å². The second kappa shape index (κ2) is 8.47. The lowest BCUT2D eigenvalue weighted by Gasteiger charge is -2.19. The third-order valence-corrected chi connectivity index (χ3v) is 5.65. The van der Waals surface area contributed by atoms with Gasteiger partial charge in [-0.1, -0.05) is 35.9 Å². The van der Waals surface area contributed by atoms with Gasteiger partial charge < -0.3 is 4.90 Å². The molecule has 27 heavy (non-hydrogen) atoms. The number of benzene rings is 2. The number of sulfonamides is 1. The SMILES string of the molecule is Cc1ccccc1CN(C)C(=O)CNS(=O)(=O)c1ccc(Cl)c([N+](=O)[O-])c1. The van der Waals surface area contributed by atoms with Crippen LogP contribution >= 0.6 is 11.6 Å². The molecule has 144 valence electrons. The molecule has 8 nitrogen and oxygen atoms in total. The van der Waals surface area contributed by atoms with Gasteiger partial charge >= 0.3 is 0 Å². The van der Waals surface area contributed by atoms with Gasteiger partial charge in [0.15, 0.2) is 0 Å². The number of amides is 1. The molecule has 0 aliphatic rings. The molecule has 0 aliphatic carbocycles. The van der Waals surface area contributed by atoms with Crippen LogP contribution in [0.5, 0.6) is 0 Å². The minimum Gasteiger partial charge on any atom is -0.340 e. The number of likely N-dealkylation sites (N-methyl/N-ethyl adjacent to an activating group) is 1. The minimum absolute atomic E-state index is 0.173. The van der Waals surface area contributed by atoms with Crippen molar-refractivity contribution in [3.8, 4) is 0 Å². The summed E-state index contributed by atoms with van der Waals surface area (Å²) in [5.41, 5.74) is 1.44. The van der Waals surface area contributed by atoms with Crippen molar-refractivity contribution in [2.45, 2.75) is 18.4 Å². The molecule has 0 heterocycles. The van der Waals surface area contributed by atoms with E-state index in [-0.39, 0.29) is 9.92 Å². The summed E-state index contributed by atoms with van der Waals surface area (Å²) in [4.78, 5) is 23.4. The first kappa shape index (κ1) is 20.8. The van der Waals surface area contributed by atoms with Crippen molar-refractivity contribution in [1.82, 2.24) is 9.62 Å². The summed E-state index contributed by atoms with van der Waals surface area (Å²) in [5, 5.41) is 10.7. The van der Waals surface area contributed by atoms with Crippen LogP contribution in [0, 0.1) is 17.0 Å². The molecule has 2 aromatic rings. The predicted octanol–water partition coefficient (Wildman–Crippen LogP) is 2.49. The van der Waals surface area contributed by atoms with E-state index in [1.54, 1.807) is 7.05 Å². The summed E-state index contributed by atoms with van der Waals surface area (Å²) < 4.78 is 26.8. The largest absolute Gasteiger partial charge is 0.340 e.